The first-order chi connectivity index (χ1) is 9.74. The Morgan fingerprint density at radius 2 is 1.75 bits per heavy atom. The molecule has 1 atom stereocenters. The van der Waals surface area contributed by atoms with Crippen LogP contribution < -0.4 is 10.6 Å². The maximum Gasteiger partial charge on any atom is 0.229 e. The first-order valence-corrected chi connectivity index (χ1v) is 7.13. The Kier molecular flexibility index (Phi) is 5.07. The molecular formula is C16H22N4. The van der Waals surface area contributed by atoms with Crippen molar-refractivity contribution in [1.29, 1.82) is 0 Å². The summed E-state index contributed by atoms with van der Waals surface area (Å²) in [6, 6.07) is 10.4. The Hall–Kier alpha value is -1.94. The van der Waals surface area contributed by atoms with Crippen molar-refractivity contribution in [3.05, 3.63) is 48.3 Å². The van der Waals surface area contributed by atoms with E-state index in [1.54, 1.807) is 0 Å². The maximum atomic E-state index is 5.95. The van der Waals surface area contributed by atoms with E-state index in [-0.39, 0.29) is 6.04 Å². The molecule has 0 aliphatic carbocycles. The summed E-state index contributed by atoms with van der Waals surface area (Å²) in [7, 11) is 0. The lowest BCUT2D eigenvalue weighted by Crippen LogP contribution is -2.22. The number of aromatic nitrogens is 2. The van der Waals surface area contributed by atoms with Crippen LogP contribution >= 0.6 is 0 Å². The second-order valence-electron chi connectivity index (χ2n) is 4.84. The van der Waals surface area contributed by atoms with Crippen molar-refractivity contribution >= 4 is 11.6 Å². The fourth-order valence-corrected chi connectivity index (χ4v) is 2.09. The highest BCUT2D eigenvalue weighted by atomic mass is 15.2. The number of para-hydroxylation sites is 1. The van der Waals surface area contributed by atoms with Crippen LogP contribution in [-0.2, 0) is 6.42 Å². The molecule has 0 fully saturated rings. The summed E-state index contributed by atoms with van der Waals surface area (Å²) >= 11 is 0. The fraction of sp³-hybridized carbons (Fsp3) is 0.375. The van der Waals surface area contributed by atoms with E-state index >= 15 is 0 Å². The highest BCUT2D eigenvalue weighted by molar-refractivity contribution is 5.56. The van der Waals surface area contributed by atoms with Crippen molar-refractivity contribution in [1.82, 2.24) is 9.97 Å². The van der Waals surface area contributed by atoms with Crippen LogP contribution in [-0.4, -0.2) is 22.6 Å². The second-order valence-corrected chi connectivity index (χ2v) is 4.84. The van der Waals surface area contributed by atoms with Gasteiger partial charge in [0.1, 0.15) is 0 Å². The zero-order valence-corrected chi connectivity index (χ0v) is 12.2. The Labute approximate surface area is 120 Å². The molecule has 1 aromatic heterocycles. The quantitative estimate of drug-likeness (QED) is 0.877. The van der Waals surface area contributed by atoms with E-state index in [4.69, 9.17) is 5.73 Å². The molecule has 1 aromatic carbocycles. The minimum absolute atomic E-state index is 0.181. The standard InChI is InChI=1S/C16H22N4/c1-3-14(17)10-13-11-18-16(19-12-13)20(4-2)15-8-6-5-7-9-15/h5-9,11-12,14H,3-4,10,17H2,1-2H3. The van der Waals surface area contributed by atoms with Gasteiger partial charge in [-0.2, -0.15) is 0 Å². The second kappa shape index (κ2) is 7.01. The monoisotopic (exact) mass is 270 g/mol. The van der Waals surface area contributed by atoms with Crippen LogP contribution in [0.3, 0.4) is 0 Å². The Morgan fingerprint density at radius 3 is 2.30 bits per heavy atom. The van der Waals surface area contributed by atoms with Gasteiger partial charge in [0, 0.05) is 30.7 Å². The molecule has 0 amide bonds. The third-order valence-electron chi connectivity index (χ3n) is 3.34. The number of benzene rings is 1. The summed E-state index contributed by atoms with van der Waals surface area (Å²) in [5.74, 6) is 0.729. The zero-order valence-electron chi connectivity index (χ0n) is 12.2. The molecule has 0 spiro atoms. The molecule has 4 nitrogen and oxygen atoms in total. The number of hydrogen-bond acceptors (Lipinski definition) is 4. The topological polar surface area (TPSA) is 55.0 Å². The Bertz CT molecular complexity index is 510. The fourth-order valence-electron chi connectivity index (χ4n) is 2.09. The van der Waals surface area contributed by atoms with Gasteiger partial charge in [0.2, 0.25) is 5.95 Å². The molecule has 0 saturated carbocycles. The van der Waals surface area contributed by atoms with Gasteiger partial charge in [0.05, 0.1) is 0 Å². The third-order valence-corrected chi connectivity index (χ3v) is 3.34. The largest absolute Gasteiger partial charge is 0.327 e. The highest BCUT2D eigenvalue weighted by Gasteiger charge is 2.10. The van der Waals surface area contributed by atoms with Gasteiger partial charge >= 0.3 is 0 Å². The van der Waals surface area contributed by atoms with Gasteiger partial charge in [-0.05, 0) is 37.5 Å². The molecule has 0 aliphatic rings. The highest BCUT2D eigenvalue weighted by Crippen LogP contribution is 2.20. The smallest absolute Gasteiger partial charge is 0.229 e. The first kappa shape index (κ1) is 14.5. The van der Waals surface area contributed by atoms with Gasteiger partial charge in [-0.1, -0.05) is 25.1 Å². The van der Waals surface area contributed by atoms with Crippen molar-refractivity contribution in [2.24, 2.45) is 5.73 Å². The summed E-state index contributed by atoms with van der Waals surface area (Å²) in [5.41, 5.74) is 8.15. The average molecular weight is 270 g/mol. The number of anilines is 2. The Morgan fingerprint density at radius 1 is 1.10 bits per heavy atom. The molecule has 2 aromatic rings. The number of hydrogen-bond donors (Lipinski definition) is 1. The average Bonchev–Trinajstić information content (AvgIpc) is 2.50. The minimum Gasteiger partial charge on any atom is -0.327 e. The first-order valence-electron chi connectivity index (χ1n) is 7.13. The SMILES string of the molecule is CCC(N)Cc1cnc(N(CC)c2ccccc2)nc1. The normalized spacial score (nSPS) is 12.2. The van der Waals surface area contributed by atoms with Gasteiger partial charge in [-0.15, -0.1) is 0 Å². The van der Waals surface area contributed by atoms with Gasteiger partial charge in [0.15, 0.2) is 0 Å². The minimum atomic E-state index is 0.181. The summed E-state index contributed by atoms with van der Waals surface area (Å²) in [4.78, 5) is 11.0. The number of nitrogens with zero attached hydrogens (tertiary/aromatic N) is 3. The summed E-state index contributed by atoms with van der Waals surface area (Å²) in [5, 5.41) is 0. The van der Waals surface area contributed by atoms with E-state index in [1.165, 1.54) is 0 Å². The molecule has 1 unspecified atom stereocenters. The van der Waals surface area contributed by atoms with Crippen LogP contribution in [0.4, 0.5) is 11.6 Å². The molecule has 4 heteroatoms. The molecule has 2 N–H and O–H groups in total. The predicted molar refractivity (Wildman–Crippen MR) is 83.1 cm³/mol. The molecule has 20 heavy (non-hydrogen) atoms. The molecule has 0 saturated heterocycles. The Balaban J connectivity index is 2.15. The van der Waals surface area contributed by atoms with E-state index in [9.17, 15) is 0 Å². The van der Waals surface area contributed by atoms with E-state index in [0.717, 1.165) is 36.6 Å². The van der Waals surface area contributed by atoms with E-state index < -0.39 is 0 Å². The lowest BCUT2D eigenvalue weighted by Gasteiger charge is -2.20. The van der Waals surface area contributed by atoms with Crippen LogP contribution in [0, 0.1) is 0 Å². The van der Waals surface area contributed by atoms with Gasteiger partial charge in [-0.3, -0.25) is 0 Å². The molecular weight excluding hydrogens is 248 g/mol. The van der Waals surface area contributed by atoms with Gasteiger partial charge in [0.25, 0.3) is 0 Å². The lowest BCUT2D eigenvalue weighted by molar-refractivity contribution is 0.643. The zero-order chi connectivity index (χ0) is 14.4. The number of rotatable bonds is 6. The molecule has 0 bridgehead atoms. The van der Waals surface area contributed by atoms with Crippen LogP contribution in [0.1, 0.15) is 25.8 Å². The van der Waals surface area contributed by atoms with Crippen LogP contribution in [0.2, 0.25) is 0 Å². The number of nitrogens with two attached hydrogens (primary N) is 1. The van der Waals surface area contributed by atoms with E-state index in [1.807, 2.05) is 30.6 Å². The molecule has 106 valence electrons. The van der Waals surface area contributed by atoms with Crippen molar-refractivity contribution < 1.29 is 0 Å². The lowest BCUT2D eigenvalue weighted by atomic mass is 10.1. The molecule has 1 heterocycles. The van der Waals surface area contributed by atoms with Crippen molar-refractivity contribution in [3.8, 4) is 0 Å². The molecule has 0 aliphatic heterocycles. The maximum absolute atomic E-state index is 5.95. The van der Waals surface area contributed by atoms with Crippen molar-refractivity contribution in [2.75, 3.05) is 11.4 Å². The predicted octanol–water partition coefficient (Wildman–Crippen LogP) is 2.91. The van der Waals surface area contributed by atoms with Crippen LogP contribution in [0.5, 0.6) is 0 Å². The van der Waals surface area contributed by atoms with Gasteiger partial charge < -0.3 is 10.6 Å². The van der Waals surface area contributed by atoms with Gasteiger partial charge in [-0.25, -0.2) is 9.97 Å². The van der Waals surface area contributed by atoms with Crippen molar-refractivity contribution in [2.45, 2.75) is 32.7 Å². The summed E-state index contributed by atoms with van der Waals surface area (Å²) in [6.07, 6.45) is 5.55. The van der Waals surface area contributed by atoms with Crippen LogP contribution in [0.25, 0.3) is 0 Å². The van der Waals surface area contributed by atoms with E-state index in [2.05, 4.69) is 40.8 Å². The van der Waals surface area contributed by atoms with Crippen LogP contribution in [0.15, 0.2) is 42.7 Å². The van der Waals surface area contributed by atoms with E-state index in [0.29, 0.717) is 0 Å². The molecule has 2 rings (SSSR count). The van der Waals surface area contributed by atoms with Crippen molar-refractivity contribution in [3.63, 3.8) is 0 Å². The summed E-state index contributed by atoms with van der Waals surface area (Å²) < 4.78 is 0. The molecule has 0 radical (unpaired) electrons. The summed E-state index contributed by atoms with van der Waals surface area (Å²) in [6.45, 7) is 5.02. The third kappa shape index (κ3) is 3.54.